The molecule has 2 rings (SSSR count). The van der Waals surface area contributed by atoms with Crippen LogP contribution in [0, 0.1) is 13.8 Å². The van der Waals surface area contributed by atoms with Gasteiger partial charge in [-0.2, -0.15) is 5.10 Å². The van der Waals surface area contributed by atoms with E-state index in [4.69, 9.17) is 4.74 Å². The smallest absolute Gasteiger partial charge is 0.340 e. The number of rotatable bonds is 5. The van der Waals surface area contributed by atoms with E-state index in [0.717, 1.165) is 5.56 Å². The minimum atomic E-state index is -0.376. The number of H-pyrrole nitrogens is 1. The van der Waals surface area contributed by atoms with Crippen LogP contribution < -0.4 is 5.43 Å². The number of aryl methyl sites for hydroxylation is 1. The lowest BCUT2D eigenvalue weighted by molar-refractivity contribution is 0.0525. The highest BCUT2D eigenvalue weighted by Crippen LogP contribution is 2.17. The quantitative estimate of drug-likeness (QED) is 0.501. The van der Waals surface area contributed by atoms with E-state index in [1.54, 1.807) is 32.9 Å². The minimum absolute atomic E-state index is 0.314. The van der Waals surface area contributed by atoms with Crippen molar-refractivity contribution in [2.75, 3.05) is 6.61 Å². The van der Waals surface area contributed by atoms with Crippen LogP contribution in [0.1, 0.15) is 44.6 Å². The molecule has 0 atom stereocenters. The Morgan fingerprint density at radius 2 is 2.04 bits per heavy atom. The normalized spacial score (nSPS) is 10.7. The Balaban J connectivity index is 2.10. The van der Waals surface area contributed by atoms with Gasteiger partial charge in [-0.05, 0) is 38.5 Å². The highest BCUT2D eigenvalue weighted by Gasteiger charge is 2.18. The summed E-state index contributed by atoms with van der Waals surface area (Å²) >= 11 is 0. The number of hydrogen-bond acceptors (Lipinski definition) is 5. The Labute approximate surface area is 133 Å². The highest BCUT2D eigenvalue weighted by molar-refractivity contribution is 5.97. The van der Waals surface area contributed by atoms with Crippen molar-refractivity contribution in [3.05, 3.63) is 52.6 Å². The zero-order chi connectivity index (χ0) is 16.8. The summed E-state index contributed by atoms with van der Waals surface area (Å²) in [7, 11) is 0. The van der Waals surface area contributed by atoms with Crippen molar-refractivity contribution in [3.8, 4) is 0 Å². The number of hydrazone groups is 1. The maximum atomic E-state index is 11.9. The number of nitrogens with zero attached hydrogens (tertiary/aromatic N) is 2. The molecular formula is C16H18N4O3. The minimum Gasteiger partial charge on any atom is -0.462 e. The molecule has 2 heterocycles. The lowest BCUT2D eigenvalue weighted by atomic mass is 10.1. The Kier molecular flexibility index (Phi) is 5.24. The lowest BCUT2D eigenvalue weighted by Gasteiger charge is -2.01. The topological polar surface area (TPSA) is 96.4 Å². The fourth-order valence-corrected chi connectivity index (χ4v) is 2.14. The summed E-state index contributed by atoms with van der Waals surface area (Å²) in [4.78, 5) is 30.7. The van der Waals surface area contributed by atoms with Crippen molar-refractivity contribution < 1.29 is 14.3 Å². The Morgan fingerprint density at radius 1 is 1.35 bits per heavy atom. The molecule has 7 nitrogen and oxygen atoms in total. The van der Waals surface area contributed by atoms with Crippen LogP contribution in [0.5, 0.6) is 0 Å². The van der Waals surface area contributed by atoms with Crippen molar-refractivity contribution >= 4 is 18.1 Å². The molecule has 0 aliphatic carbocycles. The van der Waals surface area contributed by atoms with E-state index in [9.17, 15) is 9.59 Å². The van der Waals surface area contributed by atoms with E-state index in [1.807, 2.05) is 0 Å². The third kappa shape index (κ3) is 3.82. The van der Waals surface area contributed by atoms with Crippen LogP contribution in [0.25, 0.3) is 0 Å². The second-order valence-corrected chi connectivity index (χ2v) is 4.82. The van der Waals surface area contributed by atoms with Crippen LogP contribution in [0.15, 0.2) is 29.6 Å². The number of nitrogens with one attached hydrogen (secondary N) is 2. The van der Waals surface area contributed by atoms with Gasteiger partial charge in [0.15, 0.2) is 0 Å². The standard InChI is InChI=1S/C16H18N4O3/c1-4-23-16(22)14-10(2)13(19-11(14)3)9-18-20-15(21)12-5-7-17-8-6-12/h5-9,19H,4H2,1-3H3,(H,20,21)/b18-9-. The molecule has 0 saturated carbocycles. The van der Waals surface area contributed by atoms with Crippen molar-refractivity contribution in [1.29, 1.82) is 0 Å². The van der Waals surface area contributed by atoms with Gasteiger partial charge in [-0.25, -0.2) is 10.2 Å². The van der Waals surface area contributed by atoms with Gasteiger partial charge in [0.1, 0.15) is 0 Å². The average Bonchev–Trinajstić information content (AvgIpc) is 2.82. The van der Waals surface area contributed by atoms with Crippen LogP contribution in [-0.4, -0.2) is 34.7 Å². The molecule has 23 heavy (non-hydrogen) atoms. The number of hydrogen-bond donors (Lipinski definition) is 2. The Morgan fingerprint density at radius 3 is 2.70 bits per heavy atom. The second-order valence-electron chi connectivity index (χ2n) is 4.82. The summed E-state index contributed by atoms with van der Waals surface area (Å²) in [6, 6.07) is 3.18. The Hall–Kier alpha value is -2.96. The van der Waals surface area contributed by atoms with Gasteiger partial charge in [0.25, 0.3) is 5.91 Å². The predicted molar refractivity (Wildman–Crippen MR) is 85.5 cm³/mol. The fraction of sp³-hybridized carbons (Fsp3) is 0.250. The molecule has 0 unspecified atom stereocenters. The first-order valence-corrected chi connectivity index (χ1v) is 7.14. The van der Waals surface area contributed by atoms with Crippen molar-refractivity contribution in [2.45, 2.75) is 20.8 Å². The van der Waals surface area contributed by atoms with Crippen molar-refractivity contribution in [3.63, 3.8) is 0 Å². The van der Waals surface area contributed by atoms with E-state index in [1.165, 1.54) is 18.6 Å². The zero-order valence-electron chi connectivity index (χ0n) is 13.2. The zero-order valence-corrected chi connectivity index (χ0v) is 13.2. The molecule has 0 bridgehead atoms. The van der Waals surface area contributed by atoms with Crippen molar-refractivity contribution in [1.82, 2.24) is 15.4 Å². The van der Waals surface area contributed by atoms with Gasteiger partial charge in [-0.15, -0.1) is 0 Å². The van der Waals surface area contributed by atoms with Gasteiger partial charge in [-0.3, -0.25) is 9.78 Å². The molecule has 2 aromatic heterocycles. The number of ether oxygens (including phenoxy) is 1. The van der Waals surface area contributed by atoms with Gasteiger partial charge >= 0.3 is 5.97 Å². The van der Waals surface area contributed by atoms with Gasteiger partial charge in [0.05, 0.1) is 24.1 Å². The summed E-state index contributed by atoms with van der Waals surface area (Å²) in [6.07, 6.45) is 4.52. The molecule has 0 aromatic carbocycles. The largest absolute Gasteiger partial charge is 0.462 e. The molecule has 0 spiro atoms. The first-order chi connectivity index (χ1) is 11.0. The summed E-state index contributed by atoms with van der Waals surface area (Å²) in [5, 5.41) is 3.91. The monoisotopic (exact) mass is 314 g/mol. The lowest BCUT2D eigenvalue weighted by Crippen LogP contribution is -2.17. The summed E-state index contributed by atoms with van der Waals surface area (Å²) < 4.78 is 5.02. The molecule has 120 valence electrons. The van der Waals surface area contributed by atoms with E-state index in [0.29, 0.717) is 29.1 Å². The summed E-state index contributed by atoms with van der Waals surface area (Å²) in [5.74, 6) is -0.714. The number of aromatic amines is 1. The maximum absolute atomic E-state index is 11.9. The van der Waals surface area contributed by atoms with Crippen LogP contribution in [0.4, 0.5) is 0 Å². The molecule has 0 fully saturated rings. The SMILES string of the molecule is CCOC(=O)c1c(C)[nH]c(/C=N\NC(=O)c2ccncc2)c1C. The number of carbonyl (C=O) groups excluding carboxylic acids is 2. The van der Waals surface area contributed by atoms with Crippen LogP contribution in [-0.2, 0) is 4.74 Å². The Bertz CT molecular complexity index is 735. The number of pyridine rings is 1. The van der Waals surface area contributed by atoms with Crippen LogP contribution >= 0.6 is 0 Å². The summed E-state index contributed by atoms with van der Waals surface area (Å²) in [6.45, 7) is 5.65. The first kappa shape index (κ1) is 16.4. The number of aromatic nitrogens is 2. The molecule has 2 aromatic rings. The van der Waals surface area contributed by atoms with Crippen LogP contribution in [0.3, 0.4) is 0 Å². The molecular weight excluding hydrogens is 296 g/mol. The average molecular weight is 314 g/mol. The molecule has 0 saturated heterocycles. The second kappa shape index (κ2) is 7.35. The maximum Gasteiger partial charge on any atom is 0.340 e. The number of amides is 1. The molecule has 2 N–H and O–H groups in total. The molecule has 1 amide bonds. The highest BCUT2D eigenvalue weighted by atomic mass is 16.5. The van der Waals surface area contributed by atoms with Crippen molar-refractivity contribution in [2.24, 2.45) is 5.10 Å². The predicted octanol–water partition coefficient (Wildman–Crippen LogP) is 1.97. The van der Waals surface area contributed by atoms with Gasteiger partial charge in [0.2, 0.25) is 0 Å². The molecule has 0 aliphatic heterocycles. The van der Waals surface area contributed by atoms with E-state index in [2.05, 4.69) is 20.5 Å². The third-order valence-electron chi connectivity index (χ3n) is 3.26. The first-order valence-electron chi connectivity index (χ1n) is 7.14. The fourth-order valence-electron chi connectivity index (χ4n) is 2.14. The van der Waals surface area contributed by atoms with E-state index >= 15 is 0 Å². The van der Waals surface area contributed by atoms with Gasteiger partial charge in [0, 0.05) is 23.7 Å². The van der Waals surface area contributed by atoms with E-state index in [-0.39, 0.29) is 11.9 Å². The third-order valence-corrected chi connectivity index (χ3v) is 3.26. The molecule has 7 heteroatoms. The summed E-state index contributed by atoms with van der Waals surface area (Å²) in [5.41, 5.74) is 5.44. The van der Waals surface area contributed by atoms with Crippen LogP contribution in [0.2, 0.25) is 0 Å². The number of carbonyl (C=O) groups is 2. The molecule has 0 aliphatic rings. The molecule has 0 radical (unpaired) electrons. The van der Waals surface area contributed by atoms with E-state index < -0.39 is 0 Å². The van der Waals surface area contributed by atoms with Gasteiger partial charge in [-0.1, -0.05) is 0 Å². The van der Waals surface area contributed by atoms with Gasteiger partial charge < -0.3 is 9.72 Å². The number of esters is 1.